The molecule has 0 spiro atoms. The Labute approximate surface area is 184 Å². The van der Waals surface area contributed by atoms with Crippen LogP contribution in [-0.4, -0.2) is 48.2 Å². The molecule has 9 nitrogen and oxygen atoms in total. The number of nitrogen functional groups attached to an aromatic ring is 1. The molecule has 1 aliphatic rings. The van der Waals surface area contributed by atoms with Gasteiger partial charge in [0.05, 0.1) is 40.5 Å². The number of hydrogen-bond donors (Lipinski definition) is 4. The Bertz CT molecular complexity index is 1120. The van der Waals surface area contributed by atoms with Crippen molar-refractivity contribution >= 4 is 34.8 Å². The van der Waals surface area contributed by atoms with Crippen LogP contribution in [0.15, 0.2) is 30.5 Å². The molecular weight excluding hydrogens is 420 g/mol. The average Bonchev–Trinajstić information content (AvgIpc) is 3.14. The summed E-state index contributed by atoms with van der Waals surface area (Å²) in [4.78, 5) is 24.7. The number of nitrogens with two attached hydrogens (primary N) is 1. The zero-order valence-electron chi connectivity index (χ0n) is 17.2. The lowest BCUT2D eigenvalue weighted by Gasteiger charge is -2.23. The van der Waals surface area contributed by atoms with Crippen molar-refractivity contribution in [2.45, 2.75) is 12.3 Å². The number of nitrogens with one attached hydrogen (secondary N) is 3. The third kappa shape index (κ3) is 4.01. The molecular formula is C21H23ClN6O3. The molecule has 0 unspecified atom stereocenters. The van der Waals surface area contributed by atoms with E-state index in [2.05, 4.69) is 25.6 Å². The standard InChI is InChI=1S/C21H23ClN6O3/c1-30-9-7-11-10-25-20(29)15-16(11)28-17(13-6-8-24-21(23)27-13)18(15)26-14-5-3-4-12(22)19(14)31-2/h3-6,8,11,26,28H,7,9-10H2,1-2H3,(H,25,29)(H2,23,24,27)/t11-/m0/s1. The molecule has 3 aromatic rings. The minimum Gasteiger partial charge on any atom is -0.493 e. The van der Waals surface area contributed by atoms with E-state index < -0.39 is 0 Å². The predicted molar refractivity (Wildman–Crippen MR) is 119 cm³/mol. The number of carbonyl (C=O) groups excluding carboxylic acids is 1. The Morgan fingerprint density at radius 3 is 2.90 bits per heavy atom. The minimum atomic E-state index is -0.184. The van der Waals surface area contributed by atoms with Crippen LogP contribution in [0.3, 0.4) is 0 Å². The summed E-state index contributed by atoms with van der Waals surface area (Å²) in [5, 5.41) is 6.75. The van der Waals surface area contributed by atoms with Crippen LogP contribution >= 0.6 is 11.6 Å². The van der Waals surface area contributed by atoms with E-state index in [9.17, 15) is 4.79 Å². The molecule has 1 aromatic carbocycles. The van der Waals surface area contributed by atoms with Gasteiger partial charge >= 0.3 is 0 Å². The highest BCUT2D eigenvalue weighted by Gasteiger charge is 2.33. The van der Waals surface area contributed by atoms with Crippen molar-refractivity contribution < 1.29 is 14.3 Å². The second-order valence-electron chi connectivity index (χ2n) is 7.10. The highest BCUT2D eigenvalue weighted by Crippen LogP contribution is 2.42. The first-order valence-corrected chi connectivity index (χ1v) is 10.1. The summed E-state index contributed by atoms with van der Waals surface area (Å²) in [6.45, 7) is 1.08. The largest absolute Gasteiger partial charge is 0.493 e. The van der Waals surface area contributed by atoms with Gasteiger partial charge in [0.2, 0.25) is 5.95 Å². The van der Waals surface area contributed by atoms with Gasteiger partial charge in [-0.15, -0.1) is 0 Å². The first-order valence-electron chi connectivity index (χ1n) is 9.74. The Morgan fingerprint density at radius 1 is 1.32 bits per heavy atom. The summed E-state index contributed by atoms with van der Waals surface area (Å²) in [6.07, 6.45) is 2.32. The van der Waals surface area contributed by atoms with Gasteiger partial charge < -0.3 is 30.8 Å². The zero-order valence-corrected chi connectivity index (χ0v) is 17.9. The van der Waals surface area contributed by atoms with Gasteiger partial charge in [-0.2, -0.15) is 0 Å². The third-order valence-electron chi connectivity index (χ3n) is 5.20. The first-order chi connectivity index (χ1) is 15.0. The van der Waals surface area contributed by atoms with Gasteiger partial charge in [0.1, 0.15) is 0 Å². The van der Waals surface area contributed by atoms with Crippen LogP contribution in [0.25, 0.3) is 11.4 Å². The molecule has 5 N–H and O–H groups in total. The molecule has 1 amide bonds. The van der Waals surface area contributed by atoms with Crippen molar-refractivity contribution in [3.05, 3.63) is 46.7 Å². The first kappa shape index (κ1) is 21.0. The normalized spacial score (nSPS) is 15.3. The predicted octanol–water partition coefficient (Wildman–Crippen LogP) is 3.32. The minimum absolute atomic E-state index is 0.0578. The van der Waals surface area contributed by atoms with E-state index in [0.29, 0.717) is 52.2 Å². The molecule has 3 heterocycles. The number of amides is 1. The highest BCUT2D eigenvalue weighted by molar-refractivity contribution is 6.32. The average molecular weight is 443 g/mol. The maximum Gasteiger partial charge on any atom is 0.255 e. The number of aromatic nitrogens is 3. The van der Waals surface area contributed by atoms with Crippen LogP contribution in [0.2, 0.25) is 5.02 Å². The summed E-state index contributed by atoms with van der Waals surface area (Å²) in [6, 6.07) is 7.09. The van der Waals surface area contributed by atoms with Gasteiger partial charge in [0, 0.05) is 38.1 Å². The van der Waals surface area contributed by atoms with Crippen molar-refractivity contribution in [2.24, 2.45) is 0 Å². The lowest BCUT2D eigenvalue weighted by Crippen LogP contribution is -2.35. The summed E-state index contributed by atoms with van der Waals surface area (Å²) < 4.78 is 10.7. The quantitative estimate of drug-likeness (QED) is 0.442. The lowest BCUT2D eigenvalue weighted by atomic mass is 9.94. The molecule has 0 saturated carbocycles. The maximum atomic E-state index is 12.9. The zero-order chi connectivity index (χ0) is 22.0. The molecule has 0 bridgehead atoms. The van der Waals surface area contributed by atoms with Gasteiger partial charge in [-0.25, -0.2) is 9.97 Å². The third-order valence-corrected chi connectivity index (χ3v) is 5.50. The number of aromatic amines is 1. The fraction of sp³-hybridized carbons (Fsp3) is 0.286. The summed E-state index contributed by atoms with van der Waals surface area (Å²) in [7, 11) is 3.20. The van der Waals surface area contributed by atoms with Crippen molar-refractivity contribution in [3.63, 3.8) is 0 Å². The van der Waals surface area contributed by atoms with E-state index in [1.807, 2.05) is 6.07 Å². The maximum absolute atomic E-state index is 12.9. The number of anilines is 3. The molecule has 0 radical (unpaired) electrons. The number of nitrogens with zero attached hydrogens (tertiary/aromatic N) is 2. The SMILES string of the molecule is COCC[C@H]1CNC(=O)c2c1[nH]c(-c1ccnc(N)n1)c2Nc1cccc(Cl)c1OC. The Morgan fingerprint density at radius 2 is 2.16 bits per heavy atom. The molecule has 0 fully saturated rings. The Hall–Kier alpha value is -3.30. The van der Waals surface area contributed by atoms with Crippen LogP contribution in [-0.2, 0) is 4.74 Å². The molecule has 2 aromatic heterocycles. The number of H-pyrrole nitrogens is 1. The fourth-order valence-electron chi connectivity index (χ4n) is 3.75. The van der Waals surface area contributed by atoms with E-state index >= 15 is 0 Å². The van der Waals surface area contributed by atoms with Gasteiger partial charge in [-0.1, -0.05) is 17.7 Å². The smallest absolute Gasteiger partial charge is 0.255 e. The van der Waals surface area contributed by atoms with E-state index in [1.54, 1.807) is 38.6 Å². The van der Waals surface area contributed by atoms with E-state index in [1.165, 1.54) is 0 Å². The van der Waals surface area contributed by atoms with Crippen LogP contribution in [0.1, 0.15) is 28.4 Å². The van der Waals surface area contributed by atoms with Crippen molar-refractivity contribution in [3.8, 4) is 17.1 Å². The summed E-state index contributed by atoms with van der Waals surface area (Å²) in [5.41, 5.74) is 9.51. The molecule has 1 aliphatic heterocycles. The van der Waals surface area contributed by atoms with Crippen LogP contribution in [0, 0.1) is 0 Å². The molecule has 4 rings (SSSR count). The highest BCUT2D eigenvalue weighted by atomic mass is 35.5. The monoisotopic (exact) mass is 442 g/mol. The fourth-order valence-corrected chi connectivity index (χ4v) is 4.01. The Balaban J connectivity index is 1.89. The molecule has 10 heteroatoms. The van der Waals surface area contributed by atoms with E-state index in [-0.39, 0.29) is 17.8 Å². The molecule has 162 valence electrons. The summed E-state index contributed by atoms with van der Waals surface area (Å²) >= 11 is 6.30. The molecule has 31 heavy (non-hydrogen) atoms. The number of rotatable bonds is 7. The van der Waals surface area contributed by atoms with E-state index in [4.69, 9.17) is 26.8 Å². The second-order valence-corrected chi connectivity index (χ2v) is 7.51. The Kier molecular flexibility index (Phi) is 5.97. The lowest BCUT2D eigenvalue weighted by molar-refractivity contribution is 0.0935. The number of hydrogen-bond acceptors (Lipinski definition) is 7. The number of halogens is 1. The van der Waals surface area contributed by atoms with Gasteiger partial charge in [0.25, 0.3) is 5.91 Å². The number of benzene rings is 1. The van der Waals surface area contributed by atoms with Crippen molar-refractivity contribution in [2.75, 3.05) is 38.4 Å². The summed E-state index contributed by atoms with van der Waals surface area (Å²) in [5.74, 6) is 0.482. The number of ether oxygens (including phenoxy) is 2. The number of methoxy groups -OCH3 is 2. The second kappa shape index (κ2) is 8.83. The van der Waals surface area contributed by atoms with Crippen LogP contribution < -0.4 is 21.1 Å². The van der Waals surface area contributed by atoms with Gasteiger partial charge in [-0.05, 0) is 24.6 Å². The molecule has 0 saturated heterocycles. The number of para-hydroxylation sites is 1. The molecule has 0 aliphatic carbocycles. The van der Waals surface area contributed by atoms with Crippen molar-refractivity contribution in [1.29, 1.82) is 0 Å². The number of carbonyl (C=O) groups is 1. The van der Waals surface area contributed by atoms with Crippen LogP contribution in [0.4, 0.5) is 17.3 Å². The van der Waals surface area contributed by atoms with Crippen molar-refractivity contribution in [1.82, 2.24) is 20.3 Å². The van der Waals surface area contributed by atoms with Gasteiger partial charge in [0.15, 0.2) is 5.75 Å². The van der Waals surface area contributed by atoms with E-state index in [0.717, 1.165) is 12.1 Å². The van der Waals surface area contributed by atoms with Gasteiger partial charge in [-0.3, -0.25) is 4.79 Å². The number of fused-ring (bicyclic) bond motifs is 1. The van der Waals surface area contributed by atoms with Crippen LogP contribution in [0.5, 0.6) is 5.75 Å². The molecule has 1 atom stereocenters. The topological polar surface area (TPSA) is 127 Å².